The summed E-state index contributed by atoms with van der Waals surface area (Å²) in [6, 6.07) is 0. The van der Waals surface area contributed by atoms with Crippen LogP contribution in [-0.4, -0.2) is 24.2 Å². The van der Waals surface area contributed by atoms with Crippen LogP contribution in [0.25, 0.3) is 0 Å². The van der Waals surface area contributed by atoms with Gasteiger partial charge in [-0.2, -0.15) is 0 Å². The largest absolute Gasteiger partial charge is 0.385 e. The second kappa shape index (κ2) is 4.36. The zero-order valence-corrected chi connectivity index (χ0v) is 12.9. The van der Waals surface area contributed by atoms with Crippen LogP contribution in [-0.2, 0) is 4.79 Å². The van der Waals surface area contributed by atoms with E-state index in [1.54, 1.807) is 0 Å². The van der Waals surface area contributed by atoms with Crippen molar-refractivity contribution in [2.45, 2.75) is 70.2 Å². The molecule has 1 saturated carbocycles. The third-order valence-corrected chi connectivity index (χ3v) is 9.90. The van der Waals surface area contributed by atoms with E-state index in [-0.39, 0.29) is 10.4 Å². The summed E-state index contributed by atoms with van der Waals surface area (Å²) in [4.78, 5) is 12.6. The fourth-order valence-electron chi connectivity index (χ4n) is 2.19. The minimum atomic E-state index is -2.08. The first kappa shape index (κ1) is 14.6. The number of aliphatic hydroxyl groups is 1. The molecule has 0 aromatic heterocycles. The molecule has 1 aliphatic carbocycles. The van der Waals surface area contributed by atoms with E-state index in [0.717, 1.165) is 12.8 Å². The molecule has 0 heterocycles. The van der Waals surface area contributed by atoms with Gasteiger partial charge in [0, 0.05) is 5.57 Å². The highest BCUT2D eigenvalue weighted by atomic mass is 28.3. The van der Waals surface area contributed by atoms with Gasteiger partial charge in [0.15, 0.2) is 0 Å². The maximum absolute atomic E-state index is 12.6. The smallest absolute Gasteiger partial charge is 0.138 e. The zero-order valence-electron chi connectivity index (χ0n) is 11.9. The first-order valence-electron chi connectivity index (χ1n) is 6.49. The van der Waals surface area contributed by atoms with Crippen molar-refractivity contribution in [3.8, 4) is 0 Å². The van der Waals surface area contributed by atoms with Crippen LogP contribution in [0.2, 0.25) is 18.1 Å². The van der Waals surface area contributed by atoms with Crippen molar-refractivity contribution in [2.75, 3.05) is 0 Å². The summed E-state index contributed by atoms with van der Waals surface area (Å²) >= 11 is 0. The molecule has 1 fully saturated rings. The van der Waals surface area contributed by atoms with Gasteiger partial charge in [0.05, 0.1) is 5.60 Å². The van der Waals surface area contributed by atoms with Gasteiger partial charge in [-0.05, 0) is 17.9 Å². The molecule has 0 unspecified atom stereocenters. The monoisotopic (exact) mass is 254 g/mol. The van der Waals surface area contributed by atoms with Crippen LogP contribution >= 0.6 is 0 Å². The Kier molecular flexibility index (Phi) is 3.75. The van der Waals surface area contributed by atoms with Crippen LogP contribution in [0.15, 0.2) is 12.2 Å². The molecular weight excluding hydrogens is 228 g/mol. The lowest BCUT2D eigenvalue weighted by Gasteiger charge is -2.38. The summed E-state index contributed by atoms with van der Waals surface area (Å²) in [5.74, 6) is 0. The summed E-state index contributed by atoms with van der Waals surface area (Å²) in [5, 5.41) is 10.6. The van der Waals surface area contributed by atoms with E-state index >= 15 is 0 Å². The molecule has 0 atom stereocenters. The molecule has 0 saturated heterocycles. The SMILES string of the molecule is C=C(C(=O)[Si](C)(C)C(C)(C)C)C1(O)CCCC1. The molecule has 0 amide bonds. The van der Waals surface area contributed by atoms with E-state index in [1.165, 1.54) is 0 Å². The van der Waals surface area contributed by atoms with Crippen molar-refractivity contribution < 1.29 is 9.90 Å². The van der Waals surface area contributed by atoms with E-state index < -0.39 is 13.7 Å². The lowest BCUT2D eigenvalue weighted by Crippen LogP contribution is -2.50. The van der Waals surface area contributed by atoms with Gasteiger partial charge in [0.1, 0.15) is 13.5 Å². The van der Waals surface area contributed by atoms with E-state index in [2.05, 4.69) is 40.4 Å². The molecule has 0 radical (unpaired) electrons. The molecule has 0 aromatic carbocycles. The van der Waals surface area contributed by atoms with Gasteiger partial charge >= 0.3 is 0 Å². The third kappa shape index (κ3) is 2.55. The van der Waals surface area contributed by atoms with Crippen molar-refractivity contribution in [3.63, 3.8) is 0 Å². The van der Waals surface area contributed by atoms with E-state index in [4.69, 9.17) is 0 Å². The average Bonchev–Trinajstić information content (AvgIpc) is 2.62. The van der Waals surface area contributed by atoms with Crippen molar-refractivity contribution >= 4 is 13.5 Å². The molecule has 0 aliphatic heterocycles. The first-order chi connectivity index (χ1) is 7.52. The second-order valence-corrected chi connectivity index (χ2v) is 12.1. The lowest BCUT2D eigenvalue weighted by molar-refractivity contribution is -0.111. The molecular formula is C14H26O2Si. The van der Waals surface area contributed by atoms with Gasteiger partial charge in [-0.1, -0.05) is 53.3 Å². The summed E-state index contributed by atoms with van der Waals surface area (Å²) in [6.07, 6.45) is 3.40. The number of carbonyl (C=O) groups excluding carboxylic acids is 1. The average molecular weight is 254 g/mol. The van der Waals surface area contributed by atoms with Gasteiger partial charge in [-0.15, -0.1) is 0 Å². The first-order valence-corrected chi connectivity index (χ1v) is 9.49. The van der Waals surface area contributed by atoms with Crippen LogP contribution in [0, 0.1) is 0 Å². The van der Waals surface area contributed by atoms with E-state index in [1.807, 2.05) is 0 Å². The topological polar surface area (TPSA) is 37.3 Å². The van der Waals surface area contributed by atoms with Gasteiger partial charge in [-0.25, -0.2) is 0 Å². The van der Waals surface area contributed by atoms with Crippen LogP contribution in [0.4, 0.5) is 0 Å². The summed E-state index contributed by atoms with van der Waals surface area (Å²) in [7, 11) is -2.08. The van der Waals surface area contributed by atoms with Gasteiger partial charge in [-0.3, -0.25) is 0 Å². The molecule has 0 spiro atoms. The molecule has 17 heavy (non-hydrogen) atoms. The number of hydrogen-bond donors (Lipinski definition) is 1. The van der Waals surface area contributed by atoms with Crippen LogP contribution in [0.1, 0.15) is 46.5 Å². The van der Waals surface area contributed by atoms with Crippen molar-refractivity contribution in [1.82, 2.24) is 0 Å². The Labute approximate surface area is 106 Å². The Morgan fingerprint density at radius 3 is 2.00 bits per heavy atom. The number of hydrogen-bond acceptors (Lipinski definition) is 2. The predicted molar refractivity (Wildman–Crippen MR) is 74.8 cm³/mol. The lowest BCUT2D eigenvalue weighted by atomic mass is 9.94. The van der Waals surface area contributed by atoms with Gasteiger partial charge < -0.3 is 9.90 Å². The predicted octanol–water partition coefficient (Wildman–Crippen LogP) is 3.46. The standard InChI is InChI=1S/C14H26O2Si/c1-11(14(16)9-7-8-10-14)12(15)17(5,6)13(2,3)4/h16H,1,7-10H2,2-6H3. The number of carbonyl (C=O) groups is 1. The summed E-state index contributed by atoms with van der Waals surface area (Å²) < 4.78 is 0. The van der Waals surface area contributed by atoms with Gasteiger partial charge in [0.25, 0.3) is 0 Å². The molecule has 1 N–H and O–H groups in total. The molecule has 0 aromatic rings. The Morgan fingerprint density at radius 1 is 1.24 bits per heavy atom. The molecule has 2 nitrogen and oxygen atoms in total. The molecule has 1 aliphatic rings. The summed E-state index contributed by atoms with van der Waals surface area (Å²) in [5.41, 5.74) is -0.436. The second-order valence-electron chi connectivity index (χ2n) is 6.92. The Bertz CT molecular complexity index is 331. The highest BCUT2D eigenvalue weighted by molar-refractivity contribution is 7.08. The quantitative estimate of drug-likeness (QED) is 0.618. The Morgan fingerprint density at radius 2 is 1.65 bits per heavy atom. The van der Waals surface area contributed by atoms with E-state index in [0.29, 0.717) is 18.4 Å². The molecule has 98 valence electrons. The fourth-order valence-corrected chi connectivity index (χ4v) is 3.86. The highest BCUT2D eigenvalue weighted by Crippen LogP contribution is 2.42. The normalized spacial score (nSPS) is 20.4. The third-order valence-electron chi connectivity index (χ3n) is 4.71. The highest BCUT2D eigenvalue weighted by Gasteiger charge is 2.47. The Balaban J connectivity index is 2.94. The fraction of sp³-hybridized carbons (Fsp3) is 0.786. The van der Waals surface area contributed by atoms with Crippen molar-refractivity contribution in [1.29, 1.82) is 0 Å². The minimum Gasteiger partial charge on any atom is -0.385 e. The van der Waals surface area contributed by atoms with Crippen molar-refractivity contribution in [3.05, 3.63) is 12.2 Å². The maximum Gasteiger partial charge on any atom is 0.138 e. The maximum atomic E-state index is 12.6. The van der Waals surface area contributed by atoms with Crippen LogP contribution in [0.3, 0.4) is 0 Å². The van der Waals surface area contributed by atoms with Crippen molar-refractivity contribution in [2.24, 2.45) is 0 Å². The Hall–Kier alpha value is -0.413. The van der Waals surface area contributed by atoms with Crippen LogP contribution < -0.4 is 0 Å². The zero-order chi connectivity index (χ0) is 13.5. The van der Waals surface area contributed by atoms with Gasteiger partial charge in [0.2, 0.25) is 0 Å². The summed E-state index contributed by atoms with van der Waals surface area (Å²) in [6.45, 7) is 14.4. The van der Waals surface area contributed by atoms with Crippen LogP contribution in [0.5, 0.6) is 0 Å². The minimum absolute atomic E-state index is 0.00197. The molecule has 3 heteroatoms. The van der Waals surface area contributed by atoms with E-state index in [9.17, 15) is 9.90 Å². The number of rotatable bonds is 3. The molecule has 0 bridgehead atoms. The molecule has 1 rings (SSSR count).